The highest BCUT2D eigenvalue weighted by molar-refractivity contribution is 6.07. The number of rotatable bonds is 24. The first-order valence-corrected chi connectivity index (χ1v) is 37.1. The molecule has 7 aromatic rings. The zero-order valence-electron chi connectivity index (χ0n) is 68.7. The van der Waals surface area contributed by atoms with E-state index in [1.807, 2.05) is 147 Å². The molecule has 0 radical (unpaired) electrons. The van der Waals surface area contributed by atoms with Crippen molar-refractivity contribution in [3.05, 3.63) is 289 Å². The molecule has 0 aliphatic carbocycles. The molecule has 608 valence electrons. The molecular formula is C92H114F7N7O7. The molecular weight excluding hydrogens is 1450 g/mol. The lowest BCUT2D eigenvalue weighted by molar-refractivity contribution is 0.213. The second-order valence-corrected chi connectivity index (χ2v) is 27.5. The van der Waals surface area contributed by atoms with Gasteiger partial charge in [-0.05, 0) is 250 Å². The molecule has 0 aromatic heterocycles. The summed E-state index contributed by atoms with van der Waals surface area (Å²) in [5, 5.41) is 76.8. The molecule has 0 bridgehead atoms. The van der Waals surface area contributed by atoms with Crippen molar-refractivity contribution in [2.24, 2.45) is 53.3 Å². The van der Waals surface area contributed by atoms with Gasteiger partial charge in [-0.2, -0.15) is 0 Å². The molecule has 14 nitrogen and oxygen atoms in total. The molecule has 0 aliphatic rings. The third kappa shape index (κ3) is 40.3. The number of allylic oxidation sites excluding steroid dienone is 7. The third-order valence-electron chi connectivity index (χ3n) is 16.4. The molecule has 0 heterocycles. The van der Waals surface area contributed by atoms with E-state index < -0.39 is 0 Å². The maximum absolute atomic E-state index is 13.3. The summed E-state index contributed by atoms with van der Waals surface area (Å²) in [4.78, 5) is 4.76. The van der Waals surface area contributed by atoms with Gasteiger partial charge < -0.3 is 36.1 Å². The fourth-order valence-corrected chi connectivity index (χ4v) is 10.5. The zero-order valence-corrected chi connectivity index (χ0v) is 68.7. The van der Waals surface area contributed by atoms with Gasteiger partial charge in [-0.25, -0.2) is 30.7 Å². The molecule has 0 aliphatic heterocycles. The first-order chi connectivity index (χ1) is 53.6. The van der Waals surface area contributed by atoms with Crippen LogP contribution in [0.25, 0.3) is 42.5 Å². The van der Waals surface area contributed by atoms with Gasteiger partial charge in [0.15, 0.2) is 0 Å². The van der Waals surface area contributed by atoms with Crippen LogP contribution in [-0.2, 0) is 4.84 Å². The van der Waals surface area contributed by atoms with E-state index in [-0.39, 0.29) is 58.0 Å². The molecule has 7 aromatic carbocycles. The Morgan fingerprint density at radius 2 is 0.628 bits per heavy atom. The van der Waals surface area contributed by atoms with Gasteiger partial charge in [0.05, 0.1) is 40.0 Å². The summed E-state index contributed by atoms with van der Waals surface area (Å²) in [6.45, 7) is 34.9. The Labute approximate surface area is 664 Å². The van der Waals surface area contributed by atoms with Crippen molar-refractivity contribution in [1.29, 1.82) is 0 Å². The largest absolute Gasteiger partial charge is 0.411 e. The molecule has 0 spiro atoms. The fraction of sp³-hybridized carbons (Fsp3) is 0.315. The number of hydrogen-bond acceptors (Lipinski definition) is 14. The third-order valence-corrected chi connectivity index (χ3v) is 16.4. The second-order valence-electron chi connectivity index (χ2n) is 27.5. The van der Waals surface area contributed by atoms with Gasteiger partial charge in [0.1, 0.15) is 47.8 Å². The summed E-state index contributed by atoms with van der Waals surface area (Å²) in [5.74, 6) is -1.46. The van der Waals surface area contributed by atoms with Crippen LogP contribution in [0.2, 0.25) is 0 Å². The Hall–Kier alpha value is -11.5. The molecule has 7 rings (SSSR count). The van der Waals surface area contributed by atoms with Crippen LogP contribution in [0, 0.1) is 58.0 Å². The Bertz CT molecular complexity index is 4350. The highest BCUT2D eigenvalue weighted by Crippen LogP contribution is 2.24. The van der Waals surface area contributed by atoms with E-state index in [0.29, 0.717) is 46.3 Å². The van der Waals surface area contributed by atoms with Crippen LogP contribution in [-0.4, -0.2) is 78.3 Å². The van der Waals surface area contributed by atoms with Gasteiger partial charge in [-0.3, -0.25) is 0 Å². The number of halogens is 7. The van der Waals surface area contributed by atoms with E-state index in [0.717, 1.165) is 117 Å². The smallest absolute Gasteiger partial charge is 0.130 e. The lowest BCUT2D eigenvalue weighted by atomic mass is 9.85. The number of hydrogen-bond donors (Lipinski definition) is 6. The maximum Gasteiger partial charge on any atom is 0.130 e. The van der Waals surface area contributed by atoms with E-state index in [4.69, 9.17) is 36.1 Å². The molecule has 113 heavy (non-hydrogen) atoms. The van der Waals surface area contributed by atoms with Gasteiger partial charge in [0.25, 0.3) is 0 Å². The quantitative estimate of drug-likeness (QED) is 0.0149. The van der Waals surface area contributed by atoms with E-state index in [1.54, 1.807) is 104 Å². The Morgan fingerprint density at radius 3 is 0.876 bits per heavy atom. The SMILES string of the molecule is CC(=Cc1ccc(F)cc1)C(=NO)C(C)(C)C.CC(=Cc1ccc(F)cc1)C(=NO)C(C)C.CC(=Cc1ccc(F)cc1)C(=NO)C(C)C.CCC(=NO)C(C)=Cc1ccccc1F.CCC(=NOC)C(C)=Cc1ccc(F)cc1.CCCC(=NO)C(C)=Cc1ccc(F)cc1.CCCCC(=NO)C(C)=Cc1ccc(F)cc1. The number of oxime groups is 7. The predicted octanol–water partition coefficient (Wildman–Crippen LogP) is 26.8. The summed E-state index contributed by atoms with van der Waals surface area (Å²) < 4.78 is 89.5. The Morgan fingerprint density at radius 1 is 0.345 bits per heavy atom. The summed E-state index contributed by atoms with van der Waals surface area (Å²) in [5.41, 5.74) is 16.7. The molecule has 0 amide bonds. The van der Waals surface area contributed by atoms with Crippen molar-refractivity contribution < 1.29 is 66.8 Å². The molecule has 0 atom stereocenters. The van der Waals surface area contributed by atoms with Crippen LogP contribution in [0.5, 0.6) is 0 Å². The number of nitrogens with zero attached hydrogens (tertiary/aromatic N) is 7. The molecule has 0 unspecified atom stereocenters. The molecule has 0 fully saturated rings. The summed E-state index contributed by atoms with van der Waals surface area (Å²) >= 11 is 0. The predicted molar refractivity (Wildman–Crippen MR) is 454 cm³/mol. The van der Waals surface area contributed by atoms with Crippen LogP contribution in [0.1, 0.15) is 209 Å². The minimum atomic E-state index is -0.273. The van der Waals surface area contributed by atoms with Gasteiger partial charge in [0.2, 0.25) is 0 Å². The minimum absolute atomic E-state index is 0.154. The van der Waals surface area contributed by atoms with E-state index in [1.165, 1.54) is 86.0 Å². The summed E-state index contributed by atoms with van der Waals surface area (Å²) in [6.07, 6.45) is 18.9. The van der Waals surface area contributed by atoms with E-state index in [2.05, 4.69) is 43.0 Å². The van der Waals surface area contributed by atoms with Crippen LogP contribution in [0.4, 0.5) is 30.7 Å². The van der Waals surface area contributed by atoms with Gasteiger partial charge in [0, 0.05) is 11.0 Å². The number of benzene rings is 7. The number of unbranched alkanes of at least 4 members (excludes halogenated alkanes) is 1. The van der Waals surface area contributed by atoms with Crippen LogP contribution in [0.3, 0.4) is 0 Å². The summed E-state index contributed by atoms with van der Waals surface area (Å²) in [7, 11) is 1.53. The average Bonchev–Trinajstić information content (AvgIpc) is 0.849. The van der Waals surface area contributed by atoms with Crippen LogP contribution in [0.15, 0.2) is 245 Å². The van der Waals surface area contributed by atoms with Crippen molar-refractivity contribution in [2.75, 3.05) is 7.11 Å². The van der Waals surface area contributed by atoms with Crippen molar-refractivity contribution in [2.45, 2.75) is 170 Å². The van der Waals surface area contributed by atoms with Crippen LogP contribution < -0.4 is 0 Å². The van der Waals surface area contributed by atoms with Crippen molar-refractivity contribution in [1.82, 2.24) is 0 Å². The standard InChI is InChI=1S/2C14H18FNO.4C13H16FNO.C12H14FNO/c1-10(13(16-17)14(2,3)4)9-11-5-7-12(15)8-6-11;1-3-4-5-14(16-17)11(2)10-12-6-8-13(15)9-7-12;2*1-9(2)13(15-16)10(3)8-11-4-6-12(14)7-5-11;1-4-13(15-16-3)10(2)9-11-5-7-12(14)8-6-11;1-3-4-13(15-16)10(2)9-11-5-7-12(14)8-6-11;1-3-12(14-15)9(2)8-10-6-4-5-7-11(10)13/h5-9,17H,1-4H3;6-10,17H,3-5H2,1-2H3;2*4-9,16H,1-3H3;5-9H,4H2,1-3H3;5-9,16H,3-4H2,1-2H3;4-8,15H,3H2,1-2H3. The molecule has 0 saturated carbocycles. The Kier molecular flexibility index (Phi) is 48.5. The molecule has 6 N–H and O–H groups in total. The minimum Gasteiger partial charge on any atom is -0.411 e. The first-order valence-electron chi connectivity index (χ1n) is 37.1. The van der Waals surface area contributed by atoms with Gasteiger partial charge in [-0.1, -0.05) is 253 Å². The van der Waals surface area contributed by atoms with E-state index in [9.17, 15) is 30.7 Å². The normalized spacial score (nSPS) is 13.2. The lowest BCUT2D eigenvalue weighted by Gasteiger charge is -2.20. The first kappa shape index (κ1) is 99.5. The monoisotopic (exact) mass is 1560 g/mol. The van der Waals surface area contributed by atoms with E-state index >= 15 is 0 Å². The van der Waals surface area contributed by atoms with Gasteiger partial charge >= 0.3 is 0 Å². The zero-order chi connectivity index (χ0) is 85.2. The fourth-order valence-electron chi connectivity index (χ4n) is 10.5. The highest BCUT2D eigenvalue weighted by Gasteiger charge is 2.21. The van der Waals surface area contributed by atoms with Crippen molar-refractivity contribution in [3.8, 4) is 0 Å². The highest BCUT2D eigenvalue weighted by atomic mass is 19.2. The summed E-state index contributed by atoms with van der Waals surface area (Å²) in [6, 6.07) is 43.9. The maximum atomic E-state index is 13.3. The average molecular weight is 1560 g/mol. The Balaban J connectivity index is 0.000000659. The van der Waals surface area contributed by atoms with Crippen molar-refractivity contribution in [3.63, 3.8) is 0 Å². The molecule has 0 saturated heterocycles. The lowest BCUT2D eigenvalue weighted by Crippen LogP contribution is -2.21. The van der Waals surface area contributed by atoms with Crippen LogP contribution >= 0.6 is 0 Å². The van der Waals surface area contributed by atoms with Crippen molar-refractivity contribution >= 4 is 82.5 Å². The second kappa shape index (κ2) is 55.0. The topological polar surface area (TPSA) is 217 Å². The molecule has 21 heteroatoms. The van der Waals surface area contributed by atoms with Gasteiger partial charge in [-0.15, -0.1) is 0 Å².